The van der Waals surface area contributed by atoms with Gasteiger partial charge in [0.2, 0.25) is 0 Å². The van der Waals surface area contributed by atoms with E-state index in [1.807, 2.05) is 0 Å². The lowest BCUT2D eigenvalue weighted by Crippen LogP contribution is -2.15. The number of hydrogen-bond donors (Lipinski definition) is 1. The highest BCUT2D eigenvalue weighted by atomic mass is 16.5. The van der Waals surface area contributed by atoms with Crippen LogP contribution in [0.1, 0.15) is 17.3 Å². The van der Waals surface area contributed by atoms with Crippen LogP contribution in [0.15, 0.2) is 31.0 Å². The fourth-order valence-corrected chi connectivity index (χ4v) is 1.12. The zero-order valence-corrected chi connectivity index (χ0v) is 10.0. The molecule has 6 nitrogen and oxygen atoms in total. The Bertz CT molecular complexity index is 445. The second kappa shape index (κ2) is 7.05. The van der Waals surface area contributed by atoms with E-state index in [1.54, 1.807) is 6.92 Å². The third kappa shape index (κ3) is 4.25. The number of anilines is 1. The zero-order chi connectivity index (χ0) is 13.4. The average Bonchev–Trinajstić information content (AvgIpc) is 2.37. The Labute approximate surface area is 105 Å². The van der Waals surface area contributed by atoms with Gasteiger partial charge in [-0.1, -0.05) is 12.7 Å². The highest BCUT2D eigenvalue weighted by Gasteiger charge is 2.09. The monoisotopic (exact) mass is 250 g/mol. The van der Waals surface area contributed by atoms with Crippen LogP contribution >= 0.6 is 0 Å². The molecule has 0 spiro atoms. The van der Waals surface area contributed by atoms with Crippen molar-refractivity contribution in [1.82, 2.24) is 4.98 Å². The first-order valence-electron chi connectivity index (χ1n) is 5.35. The quantitative estimate of drug-likeness (QED) is 0.638. The normalized spacial score (nSPS) is 9.39. The van der Waals surface area contributed by atoms with Crippen molar-refractivity contribution >= 4 is 17.9 Å². The van der Waals surface area contributed by atoms with Gasteiger partial charge in [0, 0.05) is 6.20 Å². The Balaban J connectivity index is 2.67. The van der Waals surface area contributed by atoms with E-state index in [1.165, 1.54) is 24.4 Å². The van der Waals surface area contributed by atoms with E-state index in [4.69, 9.17) is 9.47 Å². The Kier molecular flexibility index (Phi) is 5.37. The van der Waals surface area contributed by atoms with E-state index < -0.39 is 12.1 Å². The van der Waals surface area contributed by atoms with Gasteiger partial charge in [0.25, 0.3) is 0 Å². The van der Waals surface area contributed by atoms with Gasteiger partial charge in [0.15, 0.2) is 0 Å². The molecule has 96 valence electrons. The first-order valence-corrected chi connectivity index (χ1v) is 5.35. The molecule has 0 saturated carbocycles. The van der Waals surface area contributed by atoms with Crippen LogP contribution in [0.3, 0.4) is 0 Å². The Hall–Kier alpha value is -2.37. The number of amides is 1. The fourth-order valence-electron chi connectivity index (χ4n) is 1.12. The van der Waals surface area contributed by atoms with E-state index in [0.717, 1.165) is 0 Å². The van der Waals surface area contributed by atoms with E-state index in [2.05, 4.69) is 16.9 Å². The van der Waals surface area contributed by atoms with Crippen molar-refractivity contribution in [3.05, 3.63) is 36.5 Å². The second-order valence-corrected chi connectivity index (χ2v) is 3.16. The van der Waals surface area contributed by atoms with Crippen LogP contribution in [-0.2, 0) is 9.47 Å². The molecule has 1 aromatic rings. The van der Waals surface area contributed by atoms with Gasteiger partial charge in [0.05, 0.1) is 12.2 Å². The van der Waals surface area contributed by atoms with Crippen molar-refractivity contribution in [1.29, 1.82) is 0 Å². The third-order valence-electron chi connectivity index (χ3n) is 1.83. The van der Waals surface area contributed by atoms with Gasteiger partial charge in [-0.15, -0.1) is 0 Å². The van der Waals surface area contributed by atoms with Crippen LogP contribution in [0.25, 0.3) is 0 Å². The minimum Gasteiger partial charge on any atom is -0.462 e. The molecule has 0 aliphatic rings. The molecule has 18 heavy (non-hydrogen) atoms. The van der Waals surface area contributed by atoms with Crippen molar-refractivity contribution in [2.75, 3.05) is 18.5 Å². The molecule has 0 saturated heterocycles. The lowest BCUT2D eigenvalue weighted by molar-refractivity contribution is 0.0526. The predicted molar refractivity (Wildman–Crippen MR) is 65.4 cm³/mol. The summed E-state index contributed by atoms with van der Waals surface area (Å²) < 4.78 is 9.55. The second-order valence-electron chi connectivity index (χ2n) is 3.16. The molecule has 0 radical (unpaired) electrons. The lowest BCUT2D eigenvalue weighted by atomic mass is 10.2. The summed E-state index contributed by atoms with van der Waals surface area (Å²) in [5.41, 5.74) is 0.311. The highest BCUT2D eigenvalue weighted by molar-refractivity contribution is 5.91. The summed E-state index contributed by atoms with van der Waals surface area (Å²) in [6.07, 6.45) is 2.18. The van der Waals surface area contributed by atoms with E-state index in [0.29, 0.717) is 5.56 Å². The van der Waals surface area contributed by atoms with Crippen LogP contribution in [0, 0.1) is 0 Å². The SMILES string of the molecule is C=CCOC(=O)Nc1cc(C(=O)OCC)ccn1. The molecule has 1 aromatic heterocycles. The van der Waals surface area contributed by atoms with Gasteiger partial charge < -0.3 is 9.47 Å². The average molecular weight is 250 g/mol. The maximum Gasteiger partial charge on any atom is 0.413 e. The third-order valence-corrected chi connectivity index (χ3v) is 1.83. The van der Waals surface area contributed by atoms with Crippen molar-refractivity contribution in [3.8, 4) is 0 Å². The summed E-state index contributed by atoms with van der Waals surface area (Å²) in [5.74, 6) is -0.253. The molecular formula is C12H14N2O4. The number of ether oxygens (including phenoxy) is 2. The van der Waals surface area contributed by atoms with Crippen LogP contribution < -0.4 is 5.32 Å². The van der Waals surface area contributed by atoms with Gasteiger partial charge in [0.1, 0.15) is 12.4 Å². The maximum absolute atomic E-state index is 11.4. The molecule has 0 aliphatic carbocycles. The number of carbonyl (C=O) groups excluding carboxylic acids is 2. The molecule has 1 rings (SSSR count). The van der Waals surface area contributed by atoms with Crippen molar-refractivity contribution in [3.63, 3.8) is 0 Å². The molecule has 0 atom stereocenters. The minimum atomic E-state index is -0.664. The highest BCUT2D eigenvalue weighted by Crippen LogP contribution is 2.08. The first kappa shape index (κ1) is 13.7. The summed E-state index contributed by atoms with van der Waals surface area (Å²) >= 11 is 0. The Morgan fingerprint density at radius 2 is 2.28 bits per heavy atom. The largest absolute Gasteiger partial charge is 0.462 e. The van der Waals surface area contributed by atoms with Crippen LogP contribution in [0.2, 0.25) is 0 Å². The van der Waals surface area contributed by atoms with E-state index >= 15 is 0 Å². The zero-order valence-electron chi connectivity index (χ0n) is 10.0. The van der Waals surface area contributed by atoms with Gasteiger partial charge >= 0.3 is 12.1 Å². The molecule has 1 amide bonds. The van der Waals surface area contributed by atoms with Crippen molar-refractivity contribution in [2.45, 2.75) is 6.92 Å². The molecule has 0 aliphatic heterocycles. The van der Waals surface area contributed by atoms with Gasteiger partial charge in [-0.3, -0.25) is 5.32 Å². The Morgan fingerprint density at radius 1 is 1.50 bits per heavy atom. The minimum absolute atomic E-state index is 0.101. The van der Waals surface area contributed by atoms with Crippen LogP contribution in [0.5, 0.6) is 0 Å². The molecule has 0 unspecified atom stereocenters. The number of aromatic nitrogens is 1. The molecule has 6 heteroatoms. The smallest absolute Gasteiger partial charge is 0.413 e. The summed E-state index contributed by atoms with van der Waals surface area (Å²) in [4.78, 5) is 26.6. The fraction of sp³-hybridized carbons (Fsp3) is 0.250. The van der Waals surface area contributed by atoms with E-state index in [-0.39, 0.29) is 19.0 Å². The number of nitrogens with one attached hydrogen (secondary N) is 1. The summed E-state index contributed by atoms with van der Waals surface area (Å²) in [7, 11) is 0. The molecule has 1 N–H and O–H groups in total. The van der Waals surface area contributed by atoms with Crippen molar-refractivity contribution < 1.29 is 19.1 Å². The first-order chi connectivity index (χ1) is 8.67. The number of nitrogens with zero attached hydrogens (tertiary/aromatic N) is 1. The summed E-state index contributed by atoms with van der Waals surface area (Å²) in [5, 5.41) is 2.39. The molecule has 0 fully saturated rings. The van der Waals surface area contributed by atoms with E-state index in [9.17, 15) is 9.59 Å². The van der Waals surface area contributed by atoms with Gasteiger partial charge in [-0.25, -0.2) is 14.6 Å². The maximum atomic E-state index is 11.4. The standard InChI is InChI=1S/C12H14N2O4/c1-3-7-18-12(16)14-10-8-9(5-6-13-10)11(15)17-4-2/h3,5-6,8H,1,4,7H2,2H3,(H,13,14,16). The number of hydrogen-bond acceptors (Lipinski definition) is 5. The molecular weight excluding hydrogens is 236 g/mol. The Morgan fingerprint density at radius 3 is 2.94 bits per heavy atom. The van der Waals surface area contributed by atoms with Crippen molar-refractivity contribution in [2.24, 2.45) is 0 Å². The topological polar surface area (TPSA) is 77.5 Å². The summed E-state index contributed by atoms with van der Waals surface area (Å²) in [6.45, 7) is 5.51. The van der Waals surface area contributed by atoms with Gasteiger partial charge in [-0.05, 0) is 19.1 Å². The molecule has 1 heterocycles. The predicted octanol–water partition coefficient (Wildman–Crippen LogP) is 1.99. The molecule has 0 bridgehead atoms. The number of rotatable bonds is 5. The molecule has 0 aromatic carbocycles. The lowest BCUT2D eigenvalue weighted by Gasteiger charge is -2.06. The number of pyridine rings is 1. The summed E-state index contributed by atoms with van der Waals surface area (Å²) in [6, 6.07) is 2.91. The van der Waals surface area contributed by atoms with Crippen LogP contribution in [0.4, 0.5) is 10.6 Å². The number of esters is 1. The van der Waals surface area contributed by atoms with Gasteiger partial charge in [-0.2, -0.15) is 0 Å². The number of carbonyl (C=O) groups is 2. The van der Waals surface area contributed by atoms with Crippen LogP contribution in [-0.4, -0.2) is 30.3 Å².